The van der Waals surface area contributed by atoms with Crippen LogP contribution in [-0.4, -0.2) is 24.0 Å². The van der Waals surface area contributed by atoms with Crippen molar-refractivity contribution in [3.05, 3.63) is 0 Å². The molecule has 0 heterocycles. The van der Waals surface area contributed by atoms with E-state index < -0.39 is 24.0 Å². The third-order valence-corrected chi connectivity index (χ3v) is 0.838. The molecule has 0 aromatic carbocycles. The highest BCUT2D eigenvalue weighted by molar-refractivity contribution is 6.32. The van der Waals surface area contributed by atoms with Crippen molar-refractivity contribution in [3.8, 4) is 0 Å². The van der Waals surface area contributed by atoms with Crippen LogP contribution < -0.4 is 0 Å². The average Bonchev–Trinajstić information content (AvgIpc) is 1.83. The van der Waals surface area contributed by atoms with Crippen LogP contribution >= 0.6 is 0 Å². The summed E-state index contributed by atoms with van der Waals surface area (Å²) in [7, 11) is 0. The Hall–Kier alpha value is -1.21. The van der Waals surface area contributed by atoms with E-state index in [1.54, 1.807) is 0 Å². The van der Waals surface area contributed by atoms with Crippen molar-refractivity contribution in [3.63, 3.8) is 0 Å². The Kier molecular flexibility index (Phi) is 2.96. The van der Waals surface area contributed by atoms with E-state index in [-0.39, 0.29) is 0 Å². The van der Waals surface area contributed by atoms with Crippen molar-refractivity contribution in [2.75, 3.05) is 0 Å². The van der Waals surface area contributed by atoms with Crippen LogP contribution in [0.4, 0.5) is 22.0 Å². The molecule has 0 saturated carbocycles. The monoisotopic (exact) mass is 206 g/mol. The minimum absolute atomic E-state index is 0.509. The van der Waals surface area contributed by atoms with E-state index in [0.29, 0.717) is 6.92 Å². The fourth-order valence-electron chi connectivity index (χ4n) is 0.246. The number of esters is 1. The van der Waals surface area contributed by atoms with Gasteiger partial charge in [-0.1, -0.05) is 0 Å². The molecule has 8 heteroatoms. The van der Waals surface area contributed by atoms with Gasteiger partial charge in [-0.15, -0.1) is 0 Å². The predicted molar refractivity (Wildman–Crippen MR) is 27.8 cm³/mol. The first kappa shape index (κ1) is 11.8. The lowest BCUT2D eigenvalue weighted by Crippen LogP contribution is -2.42. The maximum atomic E-state index is 11.8. The molecule has 0 fully saturated rings. The van der Waals surface area contributed by atoms with Crippen LogP contribution in [0.25, 0.3) is 0 Å². The Morgan fingerprint density at radius 2 is 1.46 bits per heavy atom. The Morgan fingerprint density at radius 1 is 1.08 bits per heavy atom. The number of carbonyl (C=O) groups excluding carboxylic acids is 2. The minimum Gasteiger partial charge on any atom is -0.388 e. The second-order valence-corrected chi connectivity index (χ2v) is 1.96. The SMILES string of the molecule is CC(=O)C(=O)OC(F)(F)C(F)(F)F. The van der Waals surface area contributed by atoms with Gasteiger partial charge in [-0.25, -0.2) is 4.79 Å². The van der Waals surface area contributed by atoms with Crippen LogP contribution in [-0.2, 0) is 14.3 Å². The van der Waals surface area contributed by atoms with E-state index in [4.69, 9.17) is 0 Å². The van der Waals surface area contributed by atoms with Gasteiger partial charge in [0, 0.05) is 6.92 Å². The molecule has 0 saturated heterocycles. The van der Waals surface area contributed by atoms with Crippen LogP contribution in [0.5, 0.6) is 0 Å². The van der Waals surface area contributed by atoms with Crippen molar-refractivity contribution >= 4 is 11.8 Å². The highest BCUT2D eigenvalue weighted by Crippen LogP contribution is 2.36. The van der Waals surface area contributed by atoms with Gasteiger partial charge in [-0.05, 0) is 0 Å². The predicted octanol–water partition coefficient (Wildman–Crippen LogP) is 1.27. The van der Waals surface area contributed by atoms with Gasteiger partial charge in [0.15, 0.2) is 0 Å². The Bertz CT molecular complexity index is 231. The molecule has 0 radical (unpaired) electrons. The van der Waals surface area contributed by atoms with E-state index in [0.717, 1.165) is 0 Å². The number of ketones is 1. The van der Waals surface area contributed by atoms with Crippen LogP contribution in [0.3, 0.4) is 0 Å². The second kappa shape index (κ2) is 3.27. The maximum Gasteiger partial charge on any atom is 0.501 e. The van der Waals surface area contributed by atoms with Crippen LogP contribution in [0, 0.1) is 0 Å². The topological polar surface area (TPSA) is 43.4 Å². The first-order chi connectivity index (χ1) is 5.58. The lowest BCUT2D eigenvalue weighted by molar-refractivity contribution is -0.374. The van der Waals surface area contributed by atoms with Gasteiger partial charge in [0.1, 0.15) is 0 Å². The van der Waals surface area contributed by atoms with Crippen molar-refractivity contribution in [2.24, 2.45) is 0 Å². The van der Waals surface area contributed by atoms with Crippen molar-refractivity contribution in [1.29, 1.82) is 0 Å². The third-order valence-electron chi connectivity index (χ3n) is 0.838. The Balaban J connectivity index is 4.53. The maximum absolute atomic E-state index is 11.8. The number of halogens is 5. The molecule has 0 aromatic heterocycles. The summed E-state index contributed by atoms with van der Waals surface area (Å²) in [5, 5.41) is 0. The van der Waals surface area contributed by atoms with Gasteiger partial charge >= 0.3 is 18.3 Å². The van der Waals surface area contributed by atoms with Crippen LogP contribution in [0.1, 0.15) is 6.92 Å². The molecule has 0 N–H and O–H groups in total. The van der Waals surface area contributed by atoms with Gasteiger partial charge in [-0.3, -0.25) is 4.79 Å². The molecule has 0 aromatic rings. The van der Waals surface area contributed by atoms with E-state index in [1.807, 2.05) is 0 Å². The standard InChI is InChI=1S/C5H3F5O3/c1-2(11)3(12)13-5(9,10)4(6,7)8/h1H3. The fraction of sp³-hybridized carbons (Fsp3) is 0.600. The number of carbonyl (C=O) groups is 2. The lowest BCUT2D eigenvalue weighted by Gasteiger charge is -2.17. The van der Waals surface area contributed by atoms with Crippen molar-refractivity contribution in [2.45, 2.75) is 19.2 Å². The van der Waals surface area contributed by atoms with Gasteiger partial charge < -0.3 is 4.74 Å². The smallest absolute Gasteiger partial charge is 0.388 e. The molecule has 0 aliphatic rings. The normalized spacial score (nSPS) is 12.5. The molecule has 13 heavy (non-hydrogen) atoms. The highest BCUT2D eigenvalue weighted by atomic mass is 19.4. The molecule has 0 rings (SSSR count). The zero-order valence-corrected chi connectivity index (χ0v) is 6.11. The minimum atomic E-state index is -6.02. The van der Waals surface area contributed by atoms with Crippen molar-refractivity contribution < 1.29 is 36.3 Å². The quantitative estimate of drug-likeness (QED) is 0.388. The average molecular weight is 206 g/mol. The van der Waals surface area contributed by atoms with Crippen molar-refractivity contribution in [1.82, 2.24) is 0 Å². The molecule has 3 nitrogen and oxygen atoms in total. The summed E-state index contributed by atoms with van der Waals surface area (Å²) in [4.78, 5) is 20.0. The molecular formula is C5H3F5O3. The van der Waals surface area contributed by atoms with Gasteiger partial charge in [0.2, 0.25) is 5.78 Å². The summed E-state index contributed by atoms with van der Waals surface area (Å²) in [6, 6.07) is 0. The second-order valence-electron chi connectivity index (χ2n) is 1.96. The zero-order valence-electron chi connectivity index (χ0n) is 6.11. The summed E-state index contributed by atoms with van der Waals surface area (Å²) in [6.45, 7) is 0.509. The highest BCUT2D eigenvalue weighted by Gasteiger charge is 2.62. The lowest BCUT2D eigenvalue weighted by atomic mass is 10.4. The molecule has 76 valence electrons. The number of ether oxygens (including phenoxy) is 1. The Labute approximate surface area is 68.5 Å². The van der Waals surface area contributed by atoms with E-state index in [9.17, 15) is 31.5 Å². The number of Topliss-reactive ketones (excluding diaryl/α,β-unsaturated/α-hetero) is 1. The van der Waals surface area contributed by atoms with E-state index in [1.165, 1.54) is 0 Å². The Morgan fingerprint density at radius 3 is 1.69 bits per heavy atom. The summed E-state index contributed by atoms with van der Waals surface area (Å²) >= 11 is 0. The summed E-state index contributed by atoms with van der Waals surface area (Å²) in [5.74, 6) is -3.77. The van der Waals surface area contributed by atoms with Gasteiger partial charge in [-0.2, -0.15) is 22.0 Å². The van der Waals surface area contributed by atoms with E-state index in [2.05, 4.69) is 4.74 Å². The number of alkyl halides is 5. The molecule has 0 aliphatic carbocycles. The van der Waals surface area contributed by atoms with Gasteiger partial charge in [0.05, 0.1) is 0 Å². The molecule has 0 spiro atoms. The molecular weight excluding hydrogens is 203 g/mol. The summed E-state index contributed by atoms with van der Waals surface area (Å²) in [6.07, 6.45) is -11.6. The molecule has 0 bridgehead atoms. The molecule has 0 atom stereocenters. The van der Waals surface area contributed by atoms with Gasteiger partial charge in [0.25, 0.3) is 0 Å². The number of rotatable bonds is 2. The summed E-state index contributed by atoms with van der Waals surface area (Å²) in [5.41, 5.74) is 0. The third kappa shape index (κ3) is 2.96. The summed E-state index contributed by atoms with van der Waals surface area (Å²) < 4.78 is 60.2. The fourth-order valence-corrected chi connectivity index (χ4v) is 0.246. The number of hydrogen-bond acceptors (Lipinski definition) is 3. The van der Waals surface area contributed by atoms with E-state index >= 15 is 0 Å². The van der Waals surface area contributed by atoms with Crippen LogP contribution in [0.15, 0.2) is 0 Å². The first-order valence-electron chi connectivity index (χ1n) is 2.76. The first-order valence-corrected chi connectivity index (χ1v) is 2.76. The molecule has 0 aliphatic heterocycles. The van der Waals surface area contributed by atoms with Crippen LogP contribution in [0.2, 0.25) is 0 Å². The number of hydrogen-bond donors (Lipinski definition) is 0. The largest absolute Gasteiger partial charge is 0.501 e. The molecule has 0 amide bonds. The molecule has 0 unspecified atom stereocenters. The zero-order chi connectivity index (χ0) is 10.9.